The normalized spacial score (nSPS) is 16.6. The van der Waals surface area contributed by atoms with E-state index in [0.29, 0.717) is 31.5 Å². The zero-order valence-electron chi connectivity index (χ0n) is 15.4. The second kappa shape index (κ2) is 8.31. The van der Waals surface area contributed by atoms with Gasteiger partial charge >= 0.3 is 6.03 Å². The van der Waals surface area contributed by atoms with E-state index < -0.39 is 0 Å². The van der Waals surface area contributed by atoms with Crippen molar-refractivity contribution in [3.63, 3.8) is 0 Å². The Morgan fingerprint density at radius 1 is 1.38 bits per heavy atom. The molecule has 1 aliphatic heterocycles. The molecule has 0 saturated carbocycles. The lowest BCUT2D eigenvalue weighted by molar-refractivity contribution is 0.0503. The van der Waals surface area contributed by atoms with E-state index in [9.17, 15) is 4.79 Å². The number of nitrogens with zero attached hydrogens (tertiary/aromatic N) is 3. The summed E-state index contributed by atoms with van der Waals surface area (Å²) in [4.78, 5) is 16.9. The molecule has 3 heterocycles. The number of amides is 2. The molecule has 0 aromatic carbocycles. The molecule has 0 spiro atoms. The summed E-state index contributed by atoms with van der Waals surface area (Å²) in [5.74, 6) is 1.47. The molecular weight excluding hydrogens is 336 g/mol. The van der Waals surface area contributed by atoms with Crippen LogP contribution >= 0.6 is 0 Å². The lowest BCUT2D eigenvalue weighted by atomic mass is 9.91. The molecule has 2 amide bonds. The topological polar surface area (TPSA) is 118 Å². The van der Waals surface area contributed by atoms with Crippen LogP contribution < -0.4 is 10.6 Å². The van der Waals surface area contributed by atoms with Gasteiger partial charge in [-0.1, -0.05) is 19.0 Å². The summed E-state index contributed by atoms with van der Waals surface area (Å²) < 4.78 is 10.9. The first kappa shape index (κ1) is 18.4. The predicted molar refractivity (Wildman–Crippen MR) is 93.4 cm³/mol. The van der Waals surface area contributed by atoms with Crippen LogP contribution in [0.4, 0.5) is 4.79 Å². The van der Waals surface area contributed by atoms with Gasteiger partial charge < -0.3 is 19.9 Å². The maximum atomic E-state index is 12.4. The third-order valence-electron chi connectivity index (χ3n) is 4.64. The van der Waals surface area contributed by atoms with Gasteiger partial charge in [-0.15, -0.1) is 0 Å². The number of hydrogen-bond donors (Lipinski definition) is 3. The van der Waals surface area contributed by atoms with E-state index in [1.54, 1.807) is 6.20 Å². The van der Waals surface area contributed by atoms with Crippen LogP contribution in [0.15, 0.2) is 10.7 Å². The number of H-pyrrole nitrogens is 1. The van der Waals surface area contributed by atoms with E-state index in [1.165, 1.54) is 0 Å². The van der Waals surface area contributed by atoms with Gasteiger partial charge in [0.25, 0.3) is 0 Å². The molecule has 9 heteroatoms. The average molecular weight is 362 g/mol. The fourth-order valence-electron chi connectivity index (χ4n) is 2.96. The average Bonchev–Trinajstić information content (AvgIpc) is 3.28. The van der Waals surface area contributed by atoms with Gasteiger partial charge in [-0.05, 0) is 25.7 Å². The number of aryl methyl sites for hydroxylation is 1. The minimum atomic E-state index is -0.329. The maximum Gasteiger partial charge on any atom is 0.315 e. The minimum absolute atomic E-state index is 0.167. The number of aromatic nitrogens is 4. The monoisotopic (exact) mass is 362 g/mol. The highest BCUT2D eigenvalue weighted by molar-refractivity contribution is 5.74. The zero-order valence-corrected chi connectivity index (χ0v) is 15.4. The van der Waals surface area contributed by atoms with Gasteiger partial charge in [0, 0.05) is 36.9 Å². The minimum Gasteiger partial charge on any atom is -0.381 e. The SMILES string of the molecule is Cc1[nH]ncc1CNC(=O)NC(c1nc(C(C)C)no1)C1CCOCC1. The van der Waals surface area contributed by atoms with E-state index in [1.807, 2.05) is 20.8 Å². The number of nitrogens with one attached hydrogen (secondary N) is 3. The van der Waals surface area contributed by atoms with E-state index in [0.717, 1.165) is 24.1 Å². The van der Waals surface area contributed by atoms with Crippen LogP contribution in [0.25, 0.3) is 0 Å². The van der Waals surface area contributed by atoms with E-state index in [2.05, 4.69) is 31.0 Å². The van der Waals surface area contributed by atoms with Crippen LogP contribution in [0.5, 0.6) is 0 Å². The van der Waals surface area contributed by atoms with Crippen molar-refractivity contribution in [3.8, 4) is 0 Å². The van der Waals surface area contributed by atoms with Crippen molar-refractivity contribution in [2.75, 3.05) is 13.2 Å². The second-order valence-electron chi connectivity index (χ2n) is 6.92. The Kier molecular flexibility index (Phi) is 5.87. The third kappa shape index (κ3) is 4.40. The first-order chi connectivity index (χ1) is 12.5. The number of hydrogen-bond acceptors (Lipinski definition) is 6. The molecule has 2 aromatic rings. The third-order valence-corrected chi connectivity index (χ3v) is 4.64. The highest BCUT2D eigenvalue weighted by atomic mass is 16.5. The fourth-order valence-corrected chi connectivity index (χ4v) is 2.96. The standard InChI is InChI=1S/C17H26N6O3/c1-10(2)15-21-16(26-23-15)14(12-4-6-25-7-5-12)20-17(24)18-8-13-9-19-22-11(13)3/h9-10,12,14H,4-8H2,1-3H3,(H,19,22)(H2,18,20,24). The summed E-state index contributed by atoms with van der Waals surface area (Å²) >= 11 is 0. The van der Waals surface area contributed by atoms with Crippen molar-refractivity contribution < 1.29 is 14.1 Å². The Bertz CT molecular complexity index is 720. The summed E-state index contributed by atoms with van der Waals surface area (Å²) in [6, 6.07) is -0.601. The number of rotatable bonds is 6. The van der Waals surface area contributed by atoms with Crippen LogP contribution in [-0.2, 0) is 11.3 Å². The lowest BCUT2D eigenvalue weighted by Crippen LogP contribution is -2.41. The molecule has 3 rings (SSSR count). The molecule has 0 bridgehead atoms. The molecular formula is C17H26N6O3. The van der Waals surface area contributed by atoms with E-state index in [4.69, 9.17) is 9.26 Å². The molecule has 3 N–H and O–H groups in total. The van der Waals surface area contributed by atoms with Gasteiger partial charge in [0.2, 0.25) is 5.89 Å². The Morgan fingerprint density at radius 2 is 2.15 bits per heavy atom. The van der Waals surface area contributed by atoms with Crippen molar-refractivity contribution in [2.45, 2.75) is 52.1 Å². The second-order valence-corrected chi connectivity index (χ2v) is 6.92. The molecule has 1 unspecified atom stereocenters. The van der Waals surface area contributed by atoms with Crippen molar-refractivity contribution in [2.24, 2.45) is 5.92 Å². The summed E-state index contributed by atoms with van der Waals surface area (Å²) in [6.07, 6.45) is 3.38. The summed E-state index contributed by atoms with van der Waals surface area (Å²) in [5.41, 5.74) is 1.88. The first-order valence-electron chi connectivity index (χ1n) is 8.99. The summed E-state index contributed by atoms with van der Waals surface area (Å²) in [5, 5.41) is 16.7. The first-order valence-corrected chi connectivity index (χ1v) is 8.99. The van der Waals surface area contributed by atoms with E-state index in [-0.39, 0.29) is 23.9 Å². The van der Waals surface area contributed by atoms with Gasteiger partial charge in [-0.25, -0.2) is 4.79 Å². The zero-order chi connectivity index (χ0) is 18.5. The quantitative estimate of drug-likeness (QED) is 0.725. The van der Waals surface area contributed by atoms with Gasteiger partial charge in [-0.2, -0.15) is 10.1 Å². The van der Waals surface area contributed by atoms with Gasteiger partial charge in [-0.3, -0.25) is 5.10 Å². The Balaban J connectivity index is 1.68. The number of aromatic amines is 1. The van der Waals surface area contributed by atoms with Crippen molar-refractivity contribution in [3.05, 3.63) is 29.2 Å². The van der Waals surface area contributed by atoms with Crippen LogP contribution in [0.1, 0.15) is 61.6 Å². The number of urea groups is 1. The molecule has 1 fully saturated rings. The lowest BCUT2D eigenvalue weighted by Gasteiger charge is -2.28. The Hall–Kier alpha value is -2.42. The van der Waals surface area contributed by atoms with Crippen LogP contribution in [0, 0.1) is 12.8 Å². The summed E-state index contributed by atoms with van der Waals surface area (Å²) in [6.45, 7) is 7.67. The molecule has 1 saturated heterocycles. The molecule has 1 atom stereocenters. The van der Waals surface area contributed by atoms with Crippen LogP contribution in [0.3, 0.4) is 0 Å². The molecule has 26 heavy (non-hydrogen) atoms. The fraction of sp³-hybridized carbons (Fsp3) is 0.647. The highest BCUT2D eigenvalue weighted by Gasteiger charge is 2.31. The van der Waals surface area contributed by atoms with Crippen LogP contribution in [-0.4, -0.2) is 39.6 Å². The molecule has 0 aliphatic carbocycles. The van der Waals surface area contributed by atoms with Crippen LogP contribution in [0.2, 0.25) is 0 Å². The van der Waals surface area contributed by atoms with Crippen molar-refractivity contribution in [1.82, 2.24) is 31.0 Å². The van der Waals surface area contributed by atoms with Gasteiger partial charge in [0.15, 0.2) is 5.82 Å². The highest BCUT2D eigenvalue weighted by Crippen LogP contribution is 2.29. The Labute approximate surface area is 152 Å². The van der Waals surface area contributed by atoms with Crippen molar-refractivity contribution >= 4 is 6.03 Å². The van der Waals surface area contributed by atoms with Gasteiger partial charge in [0.1, 0.15) is 6.04 Å². The Morgan fingerprint density at radius 3 is 2.77 bits per heavy atom. The number of ether oxygens (including phenoxy) is 1. The van der Waals surface area contributed by atoms with Crippen molar-refractivity contribution in [1.29, 1.82) is 0 Å². The molecule has 2 aromatic heterocycles. The van der Waals surface area contributed by atoms with E-state index >= 15 is 0 Å². The molecule has 1 aliphatic rings. The summed E-state index contributed by atoms with van der Waals surface area (Å²) in [7, 11) is 0. The van der Waals surface area contributed by atoms with Gasteiger partial charge in [0.05, 0.1) is 6.20 Å². The molecule has 9 nitrogen and oxygen atoms in total. The smallest absolute Gasteiger partial charge is 0.315 e. The largest absolute Gasteiger partial charge is 0.381 e. The number of carbonyl (C=O) groups is 1. The maximum absolute atomic E-state index is 12.4. The molecule has 0 radical (unpaired) electrons. The molecule has 142 valence electrons. The number of carbonyl (C=O) groups excluding carboxylic acids is 1. The predicted octanol–water partition coefficient (Wildman–Crippen LogP) is 2.19.